The first-order valence-corrected chi connectivity index (χ1v) is 5.93. The SMILES string of the molecule is COCCN1CCOCC2CCNCC21.Cl. The maximum atomic E-state index is 5.66. The average Bonchev–Trinajstić information content (AvgIpc) is 2.49. The second kappa shape index (κ2) is 7.45. The second-order valence-electron chi connectivity index (χ2n) is 4.42. The highest BCUT2D eigenvalue weighted by Crippen LogP contribution is 2.20. The number of rotatable bonds is 3. The monoisotopic (exact) mass is 250 g/mol. The van der Waals surface area contributed by atoms with Crippen LogP contribution in [0.4, 0.5) is 0 Å². The van der Waals surface area contributed by atoms with Crippen molar-refractivity contribution >= 4 is 12.4 Å². The molecule has 2 saturated heterocycles. The summed E-state index contributed by atoms with van der Waals surface area (Å²) < 4.78 is 10.8. The van der Waals surface area contributed by atoms with E-state index in [9.17, 15) is 0 Å². The Morgan fingerprint density at radius 3 is 3.19 bits per heavy atom. The number of hydrogen-bond acceptors (Lipinski definition) is 4. The maximum absolute atomic E-state index is 5.66. The van der Waals surface area contributed by atoms with Crippen molar-refractivity contribution in [1.29, 1.82) is 0 Å². The van der Waals surface area contributed by atoms with Crippen molar-refractivity contribution in [2.24, 2.45) is 5.92 Å². The van der Waals surface area contributed by atoms with Gasteiger partial charge in [0.2, 0.25) is 0 Å². The zero-order chi connectivity index (χ0) is 10.5. The van der Waals surface area contributed by atoms with E-state index in [2.05, 4.69) is 10.2 Å². The molecular weight excluding hydrogens is 228 g/mol. The predicted octanol–water partition coefficient (Wildman–Crippen LogP) is 0.365. The molecule has 0 spiro atoms. The Morgan fingerprint density at radius 2 is 2.38 bits per heavy atom. The van der Waals surface area contributed by atoms with Crippen molar-refractivity contribution in [1.82, 2.24) is 10.2 Å². The quantitative estimate of drug-likeness (QED) is 0.785. The van der Waals surface area contributed by atoms with Gasteiger partial charge in [-0.15, -0.1) is 12.4 Å². The van der Waals surface area contributed by atoms with Crippen LogP contribution >= 0.6 is 12.4 Å². The van der Waals surface area contributed by atoms with Crippen LogP contribution in [0.2, 0.25) is 0 Å². The summed E-state index contributed by atoms with van der Waals surface area (Å²) in [5, 5.41) is 3.48. The van der Waals surface area contributed by atoms with E-state index in [0.29, 0.717) is 12.0 Å². The van der Waals surface area contributed by atoms with Crippen molar-refractivity contribution in [2.75, 3.05) is 53.1 Å². The first-order chi connectivity index (χ1) is 7.42. The number of nitrogens with zero attached hydrogens (tertiary/aromatic N) is 1. The summed E-state index contributed by atoms with van der Waals surface area (Å²) in [6, 6.07) is 0.649. The van der Waals surface area contributed by atoms with Crippen molar-refractivity contribution in [3.8, 4) is 0 Å². The molecule has 0 bridgehead atoms. The van der Waals surface area contributed by atoms with Gasteiger partial charge in [0.15, 0.2) is 0 Å². The lowest BCUT2D eigenvalue weighted by Gasteiger charge is -2.37. The first-order valence-electron chi connectivity index (χ1n) is 5.93. The van der Waals surface area contributed by atoms with Crippen molar-refractivity contribution in [3.05, 3.63) is 0 Å². The molecule has 0 aromatic heterocycles. The molecule has 1 N–H and O–H groups in total. The fourth-order valence-electron chi connectivity index (χ4n) is 2.59. The molecule has 0 aromatic rings. The van der Waals surface area contributed by atoms with Crippen LogP contribution in [0.25, 0.3) is 0 Å². The number of nitrogens with one attached hydrogen (secondary N) is 1. The lowest BCUT2D eigenvalue weighted by molar-refractivity contribution is 0.0864. The topological polar surface area (TPSA) is 33.7 Å². The number of fused-ring (bicyclic) bond motifs is 1. The van der Waals surface area contributed by atoms with E-state index in [1.165, 1.54) is 6.42 Å². The van der Waals surface area contributed by atoms with E-state index in [1.807, 2.05) is 0 Å². The maximum Gasteiger partial charge on any atom is 0.0593 e. The van der Waals surface area contributed by atoms with Gasteiger partial charge in [0.05, 0.1) is 19.8 Å². The minimum Gasteiger partial charge on any atom is -0.383 e. The number of ether oxygens (including phenoxy) is 2. The third-order valence-corrected chi connectivity index (χ3v) is 3.50. The van der Waals surface area contributed by atoms with Crippen molar-refractivity contribution in [3.63, 3.8) is 0 Å². The van der Waals surface area contributed by atoms with Gasteiger partial charge < -0.3 is 14.8 Å². The van der Waals surface area contributed by atoms with Gasteiger partial charge >= 0.3 is 0 Å². The first kappa shape index (κ1) is 14.2. The molecule has 0 amide bonds. The Bertz CT molecular complexity index is 195. The number of halogens is 1. The summed E-state index contributed by atoms with van der Waals surface area (Å²) in [5.41, 5.74) is 0. The summed E-state index contributed by atoms with van der Waals surface area (Å²) in [7, 11) is 1.77. The Kier molecular flexibility index (Phi) is 6.61. The molecule has 96 valence electrons. The summed E-state index contributed by atoms with van der Waals surface area (Å²) in [6.07, 6.45) is 1.24. The Morgan fingerprint density at radius 1 is 1.50 bits per heavy atom. The van der Waals surface area contributed by atoms with Crippen LogP contribution in [0.15, 0.2) is 0 Å². The van der Waals surface area contributed by atoms with E-state index in [4.69, 9.17) is 9.47 Å². The van der Waals surface area contributed by atoms with Crippen LogP contribution in [0, 0.1) is 5.92 Å². The van der Waals surface area contributed by atoms with E-state index in [-0.39, 0.29) is 12.4 Å². The van der Waals surface area contributed by atoms with Crippen LogP contribution in [-0.4, -0.2) is 64.1 Å². The molecule has 16 heavy (non-hydrogen) atoms. The lowest BCUT2D eigenvalue weighted by Crippen LogP contribution is -2.52. The van der Waals surface area contributed by atoms with Crippen LogP contribution in [0.5, 0.6) is 0 Å². The molecule has 2 rings (SSSR count). The van der Waals surface area contributed by atoms with Gasteiger partial charge in [0.1, 0.15) is 0 Å². The minimum absolute atomic E-state index is 0. The molecule has 2 aliphatic rings. The fraction of sp³-hybridized carbons (Fsp3) is 1.00. The standard InChI is InChI=1S/C11H22N2O2.ClH/c1-14-6-4-13-5-7-15-9-10-2-3-12-8-11(10)13;/h10-12H,2-9H2,1H3;1H. The number of hydrogen-bond donors (Lipinski definition) is 1. The van der Waals surface area contributed by atoms with Gasteiger partial charge in [-0.3, -0.25) is 4.90 Å². The molecule has 0 saturated carbocycles. The molecule has 2 heterocycles. The smallest absolute Gasteiger partial charge is 0.0593 e. The normalized spacial score (nSPS) is 31.3. The molecule has 2 unspecified atom stereocenters. The Labute approximate surface area is 104 Å². The number of methoxy groups -OCH3 is 1. The second-order valence-corrected chi connectivity index (χ2v) is 4.42. The summed E-state index contributed by atoms with van der Waals surface area (Å²) >= 11 is 0. The third kappa shape index (κ3) is 3.57. The van der Waals surface area contributed by atoms with Crippen LogP contribution in [-0.2, 0) is 9.47 Å². The van der Waals surface area contributed by atoms with E-state index >= 15 is 0 Å². The molecule has 2 atom stereocenters. The molecule has 0 radical (unpaired) electrons. The predicted molar refractivity (Wildman–Crippen MR) is 66.3 cm³/mol. The van der Waals surface area contributed by atoms with Gasteiger partial charge in [-0.25, -0.2) is 0 Å². The summed E-state index contributed by atoms with van der Waals surface area (Å²) in [4.78, 5) is 2.52. The van der Waals surface area contributed by atoms with E-state index < -0.39 is 0 Å². The average molecular weight is 251 g/mol. The zero-order valence-corrected chi connectivity index (χ0v) is 10.8. The number of piperidine rings is 1. The van der Waals surface area contributed by atoms with Crippen LogP contribution in [0.3, 0.4) is 0 Å². The minimum atomic E-state index is 0. The highest BCUT2D eigenvalue weighted by molar-refractivity contribution is 5.85. The van der Waals surface area contributed by atoms with Crippen LogP contribution in [0.1, 0.15) is 6.42 Å². The Balaban J connectivity index is 0.00000128. The molecule has 0 aromatic carbocycles. The molecule has 5 heteroatoms. The van der Waals surface area contributed by atoms with Gasteiger partial charge in [-0.1, -0.05) is 0 Å². The molecule has 2 aliphatic heterocycles. The molecule has 4 nitrogen and oxygen atoms in total. The molecule has 0 aliphatic carbocycles. The molecule has 2 fully saturated rings. The summed E-state index contributed by atoms with van der Waals surface area (Å²) in [5.74, 6) is 0.714. The van der Waals surface area contributed by atoms with Gasteiger partial charge in [0.25, 0.3) is 0 Å². The van der Waals surface area contributed by atoms with Crippen LogP contribution < -0.4 is 5.32 Å². The molecular formula is C11H23ClN2O2. The summed E-state index contributed by atoms with van der Waals surface area (Å²) in [6.45, 7) is 6.96. The lowest BCUT2D eigenvalue weighted by atomic mass is 9.92. The highest BCUT2D eigenvalue weighted by Gasteiger charge is 2.31. The Hall–Kier alpha value is 0.130. The van der Waals surface area contributed by atoms with E-state index in [0.717, 1.165) is 46.0 Å². The van der Waals surface area contributed by atoms with Gasteiger partial charge in [-0.2, -0.15) is 0 Å². The van der Waals surface area contributed by atoms with E-state index in [1.54, 1.807) is 7.11 Å². The van der Waals surface area contributed by atoms with Crippen molar-refractivity contribution < 1.29 is 9.47 Å². The fourth-order valence-corrected chi connectivity index (χ4v) is 2.59. The third-order valence-electron chi connectivity index (χ3n) is 3.50. The zero-order valence-electron chi connectivity index (χ0n) is 9.98. The van der Waals surface area contributed by atoms with Gasteiger partial charge in [-0.05, 0) is 13.0 Å². The van der Waals surface area contributed by atoms with Crippen molar-refractivity contribution in [2.45, 2.75) is 12.5 Å². The van der Waals surface area contributed by atoms with Gasteiger partial charge in [0, 0.05) is 38.7 Å². The largest absolute Gasteiger partial charge is 0.383 e. The highest BCUT2D eigenvalue weighted by atomic mass is 35.5.